The molecule has 0 amide bonds. The number of aryl methyl sites for hydroxylation is 2. The van der Waals surface area contributed by atoms with Gasteiger partial charge in [0.05, 0.1) is 5.54 Å². The van der Waals surface area contributed by atoms with Gasteiger partial charge in [-0.15, -0.1) is 0 Å². The van der Waals surface area contributed by atoms with E-state index in [1.165, 1.54) is 17.2 Å². The van der Waals surface area contributed by atoms with Crippen LogP contribution in [0.5, 0.6) is 0 Å². The van der Waals surface area contributed by atoms with Gasteiger partial charge in [0, 0.05) is 0 Å². The van der Waals surface area contributed by atoms with Crippen LogP contribution in [0.2, 0.25) is 0 Å². The third-order valence-corrected chi connectivity index (χ3v) is 3.96. The molecule has 0 saturated heterocycles. The monoisotopic (exact) mass is 241 g/mol. The molecule has 0 bridgehead atoms. The zero-order chi connectivity index (χ0) is 12.8. The lowest BCUT2D eigenvalue weighted by Crippen LogP contribution is -2.36. The van der Waals surface area contributed by atoms with E-state index < -0.39 is 5.54 Å². The number of halogens is 1. The highest BCUT2D eigenvalue weighted by atomic mass is 19.1. The molecule has 2 heteroatoms. The molecule has 0 aliphatic heterocycles. The van der Waals surface area contributed by atoms with Gasteiger partial charge < -0.3 is 5.73 Å². The summed E-state index contributed by atoms with van der Waals surface area (Å²) >= 11 is 0. The number of hydrogen-bond acceptors (Lipinski definition) is 1. The van der Waals surface area contributed by atoms with Crippen LogP contribution in [-0.2, 0) is 12.0 Å². The molecule has 18 heavy (non-hydrogen) atoms. The number of rotatable bonds is 1. The minimum Gasteiger partial charge on any atom is -0.318 e. The smallest absolute Gasteiger partial charge is 0.123 e. The summed E-state index contributed by atoms with van der Waals surface area (Å²) in [5.41, 5.74) is 10.6. The Labute approximate surface area is 106 Å². The van der Waals surface area contributed by atoms with Crippen LogP contribution in [0, 0.1) is 12.7 Å². The van der Waals surface area contributed by atoms with Crippen LogP contribution >= 0.6 is 0 Å². The first-order valence-electron chi connectivity index (χ1n) is 6.25. The molecule has 1 nitrogen and oxygen atoms in total. The molecule has 92 valence electrons. The predicted octanol–water partition coefficient (Wildman–Crippen LogP) is 3.28. The Morgan fingerprint density at radius 2 is 1.89 bits per heavy atom. The molecule has 2 aromatic rings. The van der Waals surface area contributed by atoms with Crippen molar-refractivity contribution >= 4 is 0 Å². The van der Waals surface area contributed by atoms with Crippen molar-refractivity contribution < 1.29 is 4.39 Å². The van der Waals surface area contributed by atoms with Crippen molar-refractivity contribution in [1.29, 1.82) is 0 Å². The summed E-state index contributed by atoms with van der Waals surface area (Å²) in [5, 5.41) is 0. The van der Waals surface area contributed by atoms with Crippen molar-refractivity contribution in [2.24, 2.45) is 5.73 Å². The highest BCUT2D eigenvalue weighted by molar-refractivity contribution is 5.49. The standard InChI is InChI=1S/C16H16FN/c1-11-10-13(17)6-7-14(11)16(18)9-8-12-4-2-3-5-15(12)16/h2-7,10H,8-9,18H2,1H3. The van der Waals surface area contributed by atoms with E-state index >= 15 is 0 Å². The average molecular weight is 241 g/mol. The zero-order valence-corrected chi connectivity index (χ0v) is 10.4. The number of nitrogens with two attached hydrogens (primary N) is 1. The fraction of sp³-hybridized carbons (Fsp3) is 0.250. The Bertz CT molecular complexity index is 606. The summed E-state index contributed by atoms with van der Waals surface area (Å²) in [5.74, 6) is -0.203. The molecule has 1 atom stereocenters. The number of fused-ring (bicyclic) bond motifs is 1. The molecule has 0 aromatic heterocycles. The fourth-order valence-corrected chi connectivity index (χ4v) is 3.05. The minimum atomic E-state index is -0.464. The lowest BCUT2D eigenvalue weighted by Gasteiger charge is -2.28. The molecule has 1 unspecified atom stereocenters. The molecule has 0 spiro atoms. The van der Waals surface area contributed by atoms with Gasteiger partial charge in [-0.05, 0) is 54.2 Å². The van der Waals surface area contributed by atoms with Crippen molar-refractivity contribution in [3.63, 3.8) is 0 Å². The highest BCUT2D eigenvalue weighted by Gasteiger charge is 2.37. The van der Waals surface area contributed by atoms with Crippen LogP contribution in [0.3, 0.4) is 0 Å². The summed E-state index contributed by atoms with van der Waals surface area (Å²) in [6, 6.07) is 13.2. The topological polar surface area (TPSA) is 26.0 Å². The Balaban J connectivity index is 2.17. The van der Waals surface area contributed by atoms with Gasteiger partial charge in [0.25, 0.3) is 0 Å². The van der Waals surface area contributed by atoms with Crippen LogP contribution < -0.4 is 5.73 Å². The molecule has 2 aromatic carbocycles. The maximum absolute atomic E-state index is 13.2. The van der Waals surface area contributed by atoms with Gasteiger partial charge in [0.1, 0.15) is 5.82 Å². The van der Waals surface area contributed by atoms with E-state index in [1.54, 1.807) is 6.07 Å². The van der Waals surface area contributed by atoms with E-state index in [9.17, 15) is 4.39 Å². The molecule has 2 N–H and O–H groups in total. The maximum atomic E-state index is 13.2. The molecule has 1 aliphatic rings. The third-order valence-electron chi connectivity index (χ3n) is 3.96. The zero-order valence-electron chi connectivity index (χ0n) is 10.4. The fourth-order valence-electron chi connectivity index (χ4n) is 3.05. The summed E-state index contributed by atoms with van der Waals surface area (Å²) in [4.78, 5) is 0. The van der Waals surface area contributed by atoms with Gasteiger partial charge in [-0.25, -0.2) is 4.39 Å². The quantitative estimate of drug-likeness (QED) is 0.814. The van der Waals surface area contributed by atoms with Gasteiger partial charge in [-0.2, -0.15) is 0 Å². The first-order valence-corrected chi connectivity index (χ1v) is 6.25. The van der Waals surface area contributed by atoms with E-state index in [0.717, 1.165) is 24.0 Å². The average Bonchev–Trinajstić information content (AvgIpc) is 2.69. The van der Waals surface area contributed by atoms with Gasteiger partial charge in [0.15, 0.2) is 0 Å². The Hall–Kier alpha value is -1.67. The lowest BCUT2D eigenvalue weighted by molar-refractivity contribution is 0.529. The third kappa shape index (κ3) is 1.57. The van der Waals surface area contributed by atoms with Gasteiger partial charge in [-0.3, -0.25) is 0 Å². The summed E-state index contributed by atoms with van der Waals surface area (Å²) in [7, 11) is 0. The second-order valence-electron chi connectivity index (χ2n) is 5.09. The molecular weight excluding hydrogens is 225 g/mol. The van der Waals surface area contributed by atoms with Crippen LogP contribution in [0.4, 0.5) is 4.39 Å². The Morgan fingerprint density at radius 1 is 1.11 bits per heavy atom. The van der Waals surface area contributed by atoms with Gasteiger partial charge >= 0.3 is 0 Å². The van der Waals surface area contributed by atoms with Crippen molar-refractivity contribution in [3.05, 3.63) is 70.5 Å². The largest absolute Gasteiger partial charge is 0.318 e. The van der Waals surface area contributed by atoms with Crippen molar-refractivity contribution in [2.45, 2.75) is 25.3 Å². The molecule has 0 radical (unpaired) electrons. The van der Waals surface area contributed by atoms with E-state index in [0.29, 0.717) is 0 Å². The van der Waals surface area contributed by atoms with E-state index in [-0.39, 0.29) is 5.82 Å². The predicted molar refractivity (Wildman–Crippen MR) is 70.9 cm³/mol. The lowest BCUT2D eigenvalue weighted by atomic mass is 9.83. The Kier molecular flexibility index (Phi) is 2.49. The maximum Gasteiger partial charge on any atom is 0.123 e. The first-order chi connectivity index (χ1) is 8.61. The Morgan fingerprint density at radius 3 is 2.67 bits per heavy atom. The number of hydrogen-bond donors (Lipinski definition) is 1. The summed E-state index contributed by atoms with van der Waals surface area (Å²) in [6.07, 6.45) is 1.88. The molecule has 0 fully saturated rings. The van der Waals surface area contributed by atoms with Gasteiger partial charge in [0.2, 0.25) is 0 Å². The first kappa shape index (κ1) is 11.4. The molecule has 3 rings (SSSR count). The second-order valence-corrected chi connectivity index (χ2v) is 5.09. The second kappa shape index (κ2) is 3.92. The molecule has 0 saturated carbocycles. The van der Waals surface area contributed by atoms with Crippen molar-refractivity contribution in [2.75, 3.05) is 0 Å². The van der Waals surface area contributed by atoms with Gasteiger partial charge in [-0.1, -0.05) is 30.3 Å². The minimum absolute atomic E-state index is 0.203. The molecule has 1 aliphatic carbocycles. The molecular formula is C16H16FN. The number of benzene rings is 2. The van der Waals surface area contributed by atoms with E-state index in [2.05, 4.69) is 12.1 Å². The van der Waals surface area contributed by atoms with E-state index in [1.807, 2.05) is 25.1 Å². The van der Waals surface area contributed by atoms with E-state index in [4.69, 9.17) is 5.73 Å². The van der Waals surface area contributed by atoms with Crippen molar-refractivity contribution in [3.8, 4) is 0 Å². The van der Waals surface area contributed by atoms with Crippen LogP contribution in [0.15, 0.2) is 42.5 Å². The normalized spacial score (nSPS) is 21.9. The summed E-state index contributed by atoms with van der Waals surface area (Å²) < 4.78 is 13.2. The SMILES string of the molecule is Cc1cc(F)ccc1C1(N)CCc2ccccc21. The van der Waals surface area contributed by atoms with Crippen LogP contribution in [0.1, 0.15) is 28.7 Å². The highest BCUT2D eigenvalue weighted by Crippen LogP contribution is 2.40. The van der Waals surface area contributed by atoms with Crippen LogP contribution in [-0.4, -0.2) is 0 Å². The van der Waals surface area contributed by atoms with Crippen LogP contribution in [0.25, 0.3) is 0 Å². The molecule has 0 heterocycles. The summed E-state index contributed by atoms with van der Waals surface area (Å²) in [6.45, 7) is 1.92. The van der Waals surface area contributed by atoms with Crippen molar-refractivity contribution in [1.82, 2.24) is 0 Å².